The first kappa shape index (κ1) is 19.1. The SMILES string of the molecule is Cc1ccc(-c2nc(-c3ccc(C)cc3)n(S(=O)(=O)c3ccc(C)cc3)n2)cc1. The highest BCUT2D eigenvalue weighted by Crippen LogP contribution is 2.27. The molecule has 0 aliphatic carbocycles. The number of hydrogen-bond donors (Lipinski definition) is 0. The van der Waals surface area contributed by atoms with E-state index in [0.717, 1.165) is 26.3 Å². The molecule has 0 spiro atoms. The summed E-state index contributed by atoms with van der Waals surface area (Å²) in [5.74, 6) is 0.664. The Hall–Kier alpha value is -3.25. The van der Waals surface area contributed by atoms with Gasteiger partial charge >= 0.3 is 0 Å². The molecular formula is C23H21N3O2S. The van der Waals surface area contributed by atoms with Crippen LogP contribution < -0.4 is 0 Å². The van der Waals surface area contributed by atoms with Crippen molar-refractivity contribution < 1.29 is 8.42 Å². The van der Waals surface area contributed by atoms with Crippen LogP contribution >= 0.6 is 0 Å². The van der Waals surface area contributed by atoms with Gasteiger partial charge in [0.05, 0.1) is 4.90 Å². The highest BCUT2D eigenvalue weighted by Gasteiger charge is 2.25. The molecule has 29 heavy (non-hydrogen) atoms. The molecule has 0 aliphatic heterocycles. The fraction of sp³-hybridized carbons (Fsp3) is 0.130. The predicted octanol–water partition coefficient (Wildman–Crippen LogP) is 4.77. The lowest BCUT2D eigenvalue weighted by Crippen LogP contribution is -2.16. The Labute approximate surface area is 170 Å². The van der Waals surface area contributed by atoms with Crippen molar-refractivity contribution >= 4 is 10.0 Å². The van der Waals surface area contributed by atoms with Crippen molar-refractivity contribution in [2.75, 3.05) is 0 Å². The van der Waals surface area contributed by atoms with Crippen LogP contribution in [0.1, 0.15) is 16.7 Å². The van der Waals surface area contributed by atoms with Crippen LogP contribution in [-0.4, -0.2) is 22.6 Å². The van der Waals surface area contributed by atoms with Crippen molar-refractivity contribution in [3.05, 3.63) is 89.5 Å². The summed E-state index contributed by atoms with van der Waals surface area (Å²) in [5, 5.41) is 4.40. The number of aryl methyl sites for hydroxylation is 3. The minimum Gasteiger partial charge on any atom is -0.206 e. The average Bonchev–Trinajstić information content (AvgIpc) is 3.16. The summed E-state index contributed by atoms with van der Waals surface area (Å²) >= 11 is 0. The highest BCUT2D eigenvalue weighted by atomic mass is 32.2. The van der Waals surface area contributed by atoms with Crippen molar-refractivity contribution in [3.63, 3.8) is 0 Å². The molecular weight excluding hydrogens is 382 g/mol. The minimum absolute atomic E-state index is 0.178. The van der Waals surface area contributed by atoms with Gasteiger partial charge in [-0.25, -0.2) is 4.98 Å². The zero-order valence-corrected chi connectivity index (χ0v) is 17.3. The summed E-state index contributed by atoms with van der Waals surface area (Å²) in [6.07, 6.45) is 0. The summed E-state index contributed by atoms with van der Waals surface area (Å²) in [6, 6.07) is 22.0. The van der Waals surface area contributed by atoms with E-state index in [1.165, 1.54) is 0 Å². The van der Waals surface area contributed by atoms with Crippen LogP contribution in [0, 0.1) is 20.8 Å². The van der Waals surface area contributed by atoms with Gasteiger partial charge in [0.2, 0.25) is 0 Å². The molecule has 4 aromatic rings. The Bertz CT molecular complexity index is 1260. The van der Waals surface area contributed by atoms with Gasteiger partial charge in [-0.1, -0.05) is 77.4 Å². The summed E-state index contributed by atoms with van der Waals surface area (Å²) in [6.45, 7) is 5.89. The first-order valence-electron chi connectivity index (χ1n) is 9.28. The second-order valence-corrected chi connectivity index (χ2v) is 8.92. The number of nitrogens with zero attached hydrogens (tertiary/aromatic N) is 3. The number of hydrogen-bond acceptors (Lipinski definition) is 4. The quantitative estimate of drug-likeness (QED) is 0.492. The zero-order chi connectivity index (χ0) is 20.6. The molecule has 146 valence electrons. The van der Waals surface area contributed by atoms with Crippen molar-refractivity contribution in [2.24, 2.45) is 0 Å². The molecule has 5 nitrogen and oxygen atoms in total. The van der Waals surface area contributed by atoms with Crippen LogP contribution in [0.3, 0.4) is 0 Å². The third-order valence-electron chi connectivity index (χ3n) is 4.74. The lowest BCUT2D eigenvalue weighted by molar-refractivity contribution is 0.581. The maximum Gasteiger partial charge on any atom is 0.285 e. The molecule has 0 atom stereocenters. The van der Waals surface area contributed by atoms with E-state index in [2.05, 4.69) is 10.1 Å². The summed E-state index contributed by atoms with van der Waals surface area (Å²) in [7, 11) is -3.90. The number of aromatic nitrogens is 3. The first-order chi connectivity index (χ1) is 13.8. The van der Waals surface area contributed by atoms with Gasteiger partial charge in [-0.05, 0) is 32.9 Å². The Kier molecular flexibility index (Phi) is 4.80. The van der Waals surface area contributed by atoms with Gasteiger partial charge in [-0.3, -0.25) is 0 Å². The Morgan fingerprint density at radius 2 is 1.10 bits per heavy atom. The number of rotatable bonds is 4. The zero-order valence-electron chi connectivity index (χ0n) is 16.5. The van der Waals surface area contributed by atoms with Crippen LogP contribution in [0.5, 0.6) is 0 Å². The lowest BCUT2D eigenvalue weighted by Gasteiger charge is -2.08. The Morgan fingerprint density at radius 3 is 1.62 bits per heavy atom. The van der Waals surface area contributed by atoms with Crippen LogP contribution in [0.25, 0.3) is 22.8 Å². The van der Waals surface area contributed by atoms with E-state index in [4.69, 9.17) is 0 Å². The van der Waals surface area contributed by atoms with Gasteiger partial charge in [-0.2, -0.15) is 8.42 Å². The first-order valence-corrected chi connectivity index (χ1v) is 10.7. The van der Waals surface area contributed by atoms with Crippen molar-refractivity contribution in [3.8, 4) is 22.8 Å². The molecule has 0 radical (unpaired) electrons. The van der Waals surface area contributed by atoms with E-state index >= 15 is 0 Å². The molecule has 0 bridgehead atoms. The Balaban J connectivity index is 1.92. The minimum atomic E-state index is -3.90. The molecule has 0 unspecified atom stereocenters. The standard InChI is InChI=1S/C23H21N3O2S/c1-16-4-10-19(11-5-16)22-24-23(20-12-6-17(2)7-13-20)26(25-22)29(27,28)21-14-8-18(3)9-15-21/h4-15H,1-3H3. The smallest absolute Gasteiger partial charge is 0.206 e. The summed E-state index contributed by atoms with van der Waals surface area (Å²) in [4.78, 5) is 4.77. The maximum absolute atomic E-state index is 13.4. The Morgan fingerprint density at radius 1 is 0.655 bits per heavy atom. The second-order valence-electron chi connectivity index (χ2n) is 7.15. The molecule has 1 aromatic heterocycles. The summed E-state index contributed by atoms with van der Waals surface area (Å²) < 4.78 is 27.8. The molecule has 0 N–H and O–H groups in total. The summed E-state index contributed by atoms with van der Waals surface area (Å²) in [5.41, 5.74) is 4.64. The molecule has 0 saturated carbocycles. The van der Waals surface area contributed by atoms with E-state index in [1.807, 2.05) is 69.3 Å². The maximum atomic E-state index is 13.4. The normalized spacial score (nSPS) is 11.6. The highest BCUT2D eigenvalue weighted by molar-refractivity contribution is 7.90. The van der Waals surface area contributed by atoms with Crippen molar-refractivity contribution in [1.29, 1.82) is 0 Å². The lowest BCUT2D eigenvalue weighted by atomic mass is 10.1. The average molecular weight is 404 g/mol. The predicted molar refractivity (Wildman–Crippen MR) is 114 cm³/mol. The fourth-order valence-electron chi connectivity index (χ4n) is 2.98. The van der Waals surface area contributed by atoms with Gasteiger partial charge in [0.25, 0.3) is 10.0 Å². The van der Waals surface area contributed by atoms with Gasteiger partial charge < -0.3 is 0 Å². The van der Waals surface area contributed by atoms with Crippen LogP contribution in [0.4, 0.5) is 0 Å². The van der Waals surface area contributed by atoms with Gasteiger partial charge in [0.15, 0.2) is 11.6 Å². The fourth-order valence-corrected chi connectivity index (χ4v) is 4.22. The van der Waals surface area contributed by atoms with E-state index < -0.39 is 10.0 Å². The second kappa shape index (κ2) is 7.29. The molecule has 4 rings (SSSR count). The van der Waals surface area contributed by atoms with Crippen molar-refractivity contribution in [1.82, 2.24) is 14.2 Å². The largest absolute Gasteiger partial charge is 0.285 e. The molecule has 0 amide bonds. The van der Waals surface area contributed by atoms with E-state index in [0.29, 0.717) is 17.2 Å². The van der Waals surface area contributed by atoms with Crippen molar-refractivity contribution in [2.45, 2.75) is 25.7 Å². The third kappa shape index (κ3) is 3.71. The van der Waals surface area contributed by atoms with Gasteiger partial charge in [0.1, 0.15) is 0 Å². The van der Waals surface area contributed by atoms with E-state index in [-0.39, 0.29) is 4.90 Å². The van der Waals surface area contributed by atoms with Crippen LogP contribution in [-0.2, 0) is 10.0 Å². The molecule has 6 heteroatoms. The topological polar surface area (TPSA) is 64.8 Å². The monoisotopic (exact) mass is 403 g/mol. The molecule has 0 fully saturated rings. The molecule has 0 aliphatic rings. The molecule has 1 heterocycles. The van der Waals surface area contributed by atoms with Crippen LogP contribution in [0.15, 0.2) is 77.7 Å². The van der Waals surface area contributed by atoms with Gasteiger partial charge in [0, 0.05) is 11.1 Å². The van der Waals surface area contributed by atoms with Gasteiger partial charge in [-0.15, -0.1) is 9.19 Å². The van der Waals surface area contributed by atoms with E-state index in [9.17, 15) is 8.42 Å². The number of benzene rings is 3. The third-order valence-corrected chi connectivity index (χ3v) is 6.32. The molecule has 0 saturated heterocycles. The molecule has 3 aromatic carbocycles. The van der Waals surface area contributed by atoms with Crippen LogP contribution in [0.2, 0.25) is 0 Å². The van der Waals surface area contributed by atoms with E-state index in [1.54, 1.807) is 24.3 Å².